The maximum atomic E-state index is 12.6. The monoisotopic (exact) mass is 449 g/mol. The Balaban J connectivity index is 1.75. The molecule has 2 amide bonds. The van der Waals surface area contributed by atoms with Crippen LogP contribution in [-0.2, 0) is 4.79 Å². The fraction of sp³-hybridized carbons (Fsp3) is 0.150. The number of carbonyl (C=O) groups is 2. The Bertz CT molecular complexity index is 1090. The van der Waals surface area contributed by atoms with E-state index >= 15 is 0 Å². The predicted molar refractivity (Wildman–Crippen MR) is 110 cm³/mol. The summed E-state index contributed by atoms with van der Waals surface area (Å²) < 4.78 is 40.2. The molecule has 0 fully saturated rings. The smallest absolute Gasteiger partial charge is 0.387 e. The molecule has 31 heavy (non-hydrogen) atoms. The standard InChI is InChI=1S/C20H17F2N3O5S/c1-28-16-8-11(6-7-15(16)29-9-17(23)26)18(27)25-20-24-13(10-31-20)12-4-2-3-5-14(12)30-19(21)22/h2-8,10,19H,9H2,1H3,(H2,23,26)(H,24,25,27). The van der Waals surface area contributed by atoms with E-state index in [1.54, 1.807) is 23.6 Å². The summed E-state index contributed by atoms with van der Waals surface area (Å²) in [6, 6.07) is 10.6. The minimum absolute atomic E-state index is 0.0167. The van der Waals surface area contributed by atoms with Crippen molar-refractivity contribution in [2.45, 2.75) is 6.61 Å². The van der Waals surface area contributed by atoms with Gasteiger partial charge in [0.1, 0.15) is 5.75 Å². The number of methoxy groups -OCH3 is 1. The lowest BCUT2D eigenvalue weighted by atomic mass is 10.1. The molecule has 0 bridgehead atoms. The molecule has 2 aromatic carbocycles. The van der Waals surface area contributed by atoms with Gasteiger partial charge in [-0.3, -0.25) is 14.9 Å². The summed E-state index contributed by atoms with van der Waals surface area (Å²) in [5.74, 6) is -0.643. The van der Waals surface area contributed by atoms with Gasteiger partial charge in [0.2, 0.25) is 0 Å². The molecule has 8 nitrogen and oxygen atoms in total. The van der Waals surface area contributed by atoms with E-state index in [0.717, 1.165) is 11.3 Å². The zero-order chi connectivity index (χ0) is 22.4. The Labute approximate surface area is 179 Å². The first-order valence-corrected chi connectivity index (χ1v) is 9.65. The van der Waals surface area contributed by atoms with Crippen molar-refractivity contribution in [3.8, 4) is 28.5 Å². The van der Waals surface area contributed by atoms with E-state index in [1.165, 1.54) is 31.4 Å². The van der Waals surface area contributed by atoms with Crippen molar-refractivity contribution < 1.29 is 32.6 Å². The van der Waals surface area contributed by atoms with Gasteiger partial charge in [-0.05, 0) is 30.3 Å². The Morgan fingerprint density at radius 2 is 1.94 bits per heavy atom. The number of carbonyl (C=O) groups excluding carboxylic acids is 2. The Hall–Kier alpha value is -3.73. The second kappa shape index (κ2) is 9.85. The van der Waals surface area contributed by atoms with Crippen molar-refractivity contribution in [3.63, 3.8) is 0 Å². The molecule has 11 heteroatoms. The number of rotatable bonds is 9. The number of aromatic nitrogens is 1. The highest BCUT2D eigenvalue weighted by Gasteiger charge is 2.16. The van der Waals surface area contributed by atoms with Crippen LogP contribution >= 0.6 is 11.3 Å². The quantitative estimate of drug-likeness (QED) is 0.517. The number of hydrogen-bond donors (Lipinski definition) is 2. The van der Waals surface area contributed by atoms with Crippen LogP contribution in [0.5, 0.6) is 17.2 Å². The summed E-state index contributed by atoms with van der Waals surface area (Å²) in [4.78, 5) is 27.7. The van der Waals surface area contributed by atoms with E-state index in [9.17, 15) is 18.4 Å². The van der Waals surface area contributed by atoms with Crippen molar-refractivity contribution in [3.05, 3.63) is 53.4 Å². The van der Waals surface area contributed by atoms with Crippen LogP contribution in [0.2, 0.25) is 0 Å². The molecule has 0 aliphatic carbocycles. The molecule has 162 valence electrons. The number of amides is 2. The number of primary amides is 1. The van der Waals surface area contributed by atoms with Gasteiger partial charge in [0.05, 0.1) is 12.8 Å². The fourth-order valence-corrected chi connectivity index (χ4v) is 3.28. The second-order valence-corrected chi connectivity index (χ2v) is 6.85. The highest BCUT2D eigenvalue weighted by molar-refractivity contribution is 7.14. The fourth-order valence-electron chi connectivity index (χ4n) is 2.58. The number of halogens is 2. The molecule has 0 unspecified atom stereocenters. The second-order valence-electron chi connectivity index (χ2n) is 5.99. The molecule has 0 aliphatic heterocycles. The van der Waals surface area contributed by atoms with Gasteiger partial charge in [0.15, 0.2) is 23.2 Å². The lowest BCUT2D eigenvalue weighted by molar-refractivity contribution is -0.119. The molecule has 0 saturated heterocycles. The van der Waals surface area contributed by atoms with Crippen LogP contribution in [0.3, 0.4) is 0 Å². The summed E-state index contributed by atoms with van der Waals surface area (Å²) in [5.41, 5.74) is 6.06. The predicted octanol–water partition coefficient (Wildman–Crippen LogP) is 3.54. The van der Waals surface area contributed by atoms with E-state index < -0.39 is 18.4 Å². The molecule has 1 aromatic heterocycles. The number of nitrogens with zero attached hydrogens (tertiary/aromatic N) is 1. The van der Waals surface area contributed by atoms with Crippen molar-refractivity contribution in [1.82, 2.24) is 4.98 Å². The number of anilines is 1. The Morgan fingerprint density at radius 3 is 2.65 bits per heavy atom. The number of thiazole rings is 1. The van der Waals surface area contributed by atoms with Crippen LogP contribution in [0.15, 0.2) is 47.8 Å². The number of hydrogen-bond acceptors (Lipinski definition) is 7. The van der Waals surface area contributed by atoms with E-state index in [0.29, 0.717) is 11.3 Å². The van der Waals surface area contributed by atoms with E-state index in [2.05, 4.69) is 15.0 Å². The van der Waals surface area contributed by atoms with Crippen LogP contribution in [0.1, 0.15) is 10.4 Å². The topological polar surface area (TPSA) is 113 Å². The highest BCUT2D eigenvalue weighted by atomic mass is 32.1. The maximum absolute atomic E-state index is 12.6. The zero-order valence-corrected chi connectivity index (χ0v) is 16.9. The van der Waals surface area contributed by atoms with Crippen LogP contribution in [-0.4, -0.2) is 37.1 Å². The first-order chi connectivity index (χ1) is 14.9. The number of benzene rings is 2. The molecule has 0 saturated carbocycles. The first kappa shape index (κ1) is 22.0. The molecule has 3 N–H and O–H groups in total. The molecule has 0 atom stereocenters. The van der Waals surface area contributed by atoms with Crippen LogP contribution < -0.4 is 25.3 Å². The molecule has 0 aliphatic rings. The van der Waals surface area contributed by atoms with E-state index in [4.69, 9.17) is 15.2 Å². The third-order valence-corrected chi connectivity index (χ3v) is 4.66. The molecular weight excluding hydrogens is 432 g/mol. The highest BCUT2D eigenvalue weighted by Crippen LogP contribution is 2.33. The summed E-state index contributed by atoms with van der Waals surface area (Å²) in [5, 5.41) is 4.52. The summed E-state index contributed by atoms with van der Waals surface area (Å²) in [6.45, 7) is -3.30. The molecule has 3 rings (SSSR count). The van der Waals surface area contributed by atoms with Crippen molar-refractivity contribution in [2.24, 2.45) is 5.73 Å². The van der Waals surface area contributed by atoms with Gasteiger partial charge >= 0.3 is 6.61 Å². The average Bonchev–Trinajstić information content (AvgIpc) is 3.20. The number of para-hydroxylation sites is 1. The van der Waals surface area contributed by atoms with Gasteiger partial charge in [-0.2, -0.15) is 8.78 Å². The molecule has 1 heterocycles. The summed E-state index contributed by atoms with van der Waals surface area (Å²) >= 11 is 1.13. The molecular formula is C20H17F2N3O5S. The van der Waals surface area contributed by atoms with E-state index in [1.807, 2.05) is 0 Å². The third kappa shape index (κ3) is 5.66. The van der Waals surface area contributed by atoms with Crippen LogP contribution in [0.25, 0.3) is 11.3 Å². The minimum atomic E-state index is -2.97. The zero-order valence-electron chi connectivity index (χ0n) is 16.1. The van der Waals surface area contributed by atoms with Gasteiger partial charge in [0.25, 0.3) is 11.8 Å². The number of alkyl halides is 2. The largest absolute Gasteiger partial charge is 0.493 e. The molecule has 3 aromatic rings. The SMILES string of the molecule is COc1cc(C(=O)Nc2nc(-c3ccccc3OC(F)F)cs2)ccc1OCC(N)=O. The number of nitrogens with two attached hydrogens (primary N) is 1. The maximum Gasteiger partial charge on any atom is 0.387 e. The molecule has 0 spiro atoms. The lowest BCUT2D eigenvalue weighted by Gasteiger charge is -2.11. The van der Waals surface area contributed by atoms with Crippen molar-refractivity contribution in [2.75, 3.05) is 19.0 Å². The molecule has 0 radical (unpaired) electrons. The first-order valence-electron chi connectivity index (χ1n) is 8.77. The van der Waals surface area contributed by atoms with Crippen LogP contribution in [0.4, 0.5) is 13.9 Å². The van der Waals surface area contributed by atoms with Gasteiger partial charge in [0, 0.05) is 16.5 Å². The number of ether oxygens (including phenoxy) is 3. The van der Waals surface area contributed by atoms with Crippen LogP contribution in [0, 0.1) is 0 Å². The van der Waals surface area contributed by atoms with Gasteiger partial charge in [-0.25, -0.2) is 4.98 Å². The normalized spacial score (nSPS) is 10.6. The minimum Gasteiger partial charge on any atom is -0.493 e. The average molecular weight is 449 g/mol. The summed E-state index contributed by atoms with van der Waals surface area (Å²) in [7, 11) is 1.39. The van der Waals surface area contributed by atoms with Crippen molar-refractivity contribution >= 4 is 28.3 Å². The van der Waals surface area contributed by atoms with E-state index in [-0.39, 0.29) is 34.6 Å². The van der Waals surface area contributed by atoms with Gasteiger partial charge < -0.3 is 19.9 Å². The Kier molecular flexibility index (Phi) is 6.98. The van der Waals surface area contributed by atoms with Gasteiger partial charge in [-0.15, -0.1) is 11.3 Å². The summed E-state index contributed by atoms with van der Waals surface area (Å²) in [6.07, 6.45) is 0. The third-order valence-electron chi connectivity index (χ3n) is 3.90. The lowest BCUT2D eigenvalue weighted by Crippen LogP contribution is -2.20. The van der Waals surface area contributed by atoms with Crippen molar-refractivity contribution in [1.29, 1.82) is 0 Å². The number of nitrogens with one attached hydrogen (secondary N) is 1. The van der Waals surface area contributed by atoms with Gasteiger partial charge in [-0.1, -0.05) is 12.1 Å². The Morgan fingerprint density at radius 1 is 1.16 bits per heavy atom.